The molecule has 4 rings (SSSR count). The van der Waals surface area contributed by atoms with E-state index in [0.717, 1.165) is 6.07 Å². The molecular formula is C22H24FN3O6S. The van der Waals surface area contributed by atoms with Gasteiger partial charge in [0.15, 0.2) is 11.5 Å². The fraction of sp³-hybridized carbons (Fsp3) is 0.364. The zero-order valence-corrected chi connectivity index (χ0v) is 19.3. The van der Waals surface area contributed by atoms with E-state index in [2.05, 4.69) is 10.1 Å². The molecule has 0 aliphatic carbocycles. The van der Waals surface area contributed by atoms with Crippen molar-refractivity contribution >= 4 is 10.0 Å². The maximum absolute atomic E-state index is 13.6. The van der Waals surface area contributed by atoms with E-state index in [-0.39, 0.29) is 17.4 Å². The highest BCUT2D eigenvalue weighted by Gasteiger charge is 2.33. The van der Waals surface area contributed by atoms with Crippen molar-refractivity contribution in [2.75, 3.05) is 34.4 Å². The first kappa shape index (κ1) is 23.0. The minimum Gasteiger partial charge on any atom is -0.493 e. The summed E-state index contributed by atoms with van der Waals surface area (Å²) in [6.07, 6.45) is 1.30. The first-order valence-electron chi connectivity index (χ1n) is 10.3. The summed E-state index contributed by atoms with van der Waals surface area (Å²) in [6, 6.07) is 8.41. The molecule has 1 aromatic heterocycles. The quantitative estimate of drug-likeness (QED) is 0.510. The Kier molecular flexibility index (Phi) is 6.52. The van der Waals surface area contributed by atoms with Crippen LogP contribution >= 0.6 is 0 Å². The third kappa shape index (κ3) is 4.51. The van der Waals surface area contributed by atoms with Crippen molar-refractivity contribution in [2.45, 2.75) is 23.7 Å². The number of piperidine rings is 1. The third-order valence-corrected chi connectivity index (χ3v) is 7.39. The second-order valence-corrected chi connectivity index (χ2v) is 9.47. The normalized spacial score (nSPS) is 17.0. The summed E-state index contributed by atoms with van der Waals surface area (Å²) >= 11 is 0. The number of halogens is 1. The van der Waals surface area contributed by atoms with Crippen molar-refractivity contribution in [1.82, 2.24) is 14.4 Å². The average Bonchev–Trinajstić information content (AvgIpc) is 3.33. The smallest absolute Gasteiger partial charge is 0.243 e. The van der Waals surface area contributed by atoms with Gasteiger partial charge in [-0.3, -0.25) is 0 Å². The van der Waals surface area contributed by atoms with E-state index in [4.69, 9.17) is 18.7 Å². The van der Waals surface area contributed by atoms with Crippen LogP contribution in [0.15, 0.2) is 45.8 Å². The van der Waals surface area contributed by atoms with Gasteiger partial charge in [0, 0.05) is 18.7 Å². The van der Waals surface area contributed by atoms with Crippen molar-refractivity contribution in [1.29, 1.82) is 0 Å². The SMILES string of the molecule is COc1cc(-c2noc(C3CCCN(S(=O)(=O)c4cccc(F)c4)C3)n2)cc(OC)c1OC. The lowest BCUT2D eigenvalue weighted by molar-refractivity contribution is 0.265. The summed E-state index contributed by atoms with van der Waals surface area (Å²) in [5.41, 5.74) is 0.597. The molecule has 2 aromatic carbocycles. The summed E-state index contributed by atoms with van der Waals surface area (Å²) in [5, 5.41) is 4.07. The lowest BCUT2D eigenvalue weighted by atomic mass is 10.00. The molecule has 0 saturated carbocycles. The van der Waals surface area contributed by atoms with Crippen LogP contribution in [-0.2, 0) is 10.0 Å². The Balaban J connectivity index is 1.59. The molecular weight excluding hydrogens is 453 g/mol. The van der Waals surface area contributed by atoms with Gasteiger partial charge >= 0.3 is 0 Å². The monoisotopic (exact) mass is 477 g/mol. The Bertz CT molecular complexity index is 1220. The molecule has 176 valence electrons. The summed E-state index contributed by atoms with van der Waals surface area (Å²) in [6.45, 7) is 0.499. The third-order valence-electron chi connectivity index (χ3n) is 5.53. The van der Waals surface area contributed by atoms with Gasteiger partial charge < -0.3 is 18.7 Å². The van der Waals surface area contributed by atoms with E-state index in [0.29, 0.717) is 53.9 Å². The van der Waals surface area contributed by atoms with Crippen LogP contribution in [0.3, 0.4) is 0 Å². The van der Waals surface area contributed by atoms with Gasteiger partial charge in [0.2, 0.25) is 27.5 Å². The number of benzene rings is 2. The van der Waals surface area contributed by atoms with Gasteiger partial charge in [0.05, 0.1) is 32.1 Å². The van der Waals surface area contributed by atoms with Gasteiger partial charge in [0.25, 0.3) is 0 Å². The summed E-state index contributed by atoms with van der Waals surface area (Å²) in [7, 11) is 0.698. The minimum absolute atomic E-state index is 0.0770. The van der Waals surface area contributed by atoms with Crippen molar-refractivity contribution in [3.63, 3.8) is 0 Å². The number of hydrogen-bond donors (Lipinski definition) is 0. The van der Waals surface area contributed by atoms with Crippen LogP contribution in [0.5, 0.6) is 17.2 Å². The van der Waals surface area contributed by atoms with Crippen LogP contribution in [0.4, 0.5) is 4.39 Å². The number of rotatable bonds is 7. The van der Waals surface area contributed by atoms with Crippen LogP contribution in [-0.4, -0.2) is 57.3 Å². The average molecular weight is 478 g/mol. The number of sulfonamides is 1. The highest BCUT2D eigenvalue weighted by atomic mass is 32.2. The first-order chi connectivity index (χ1) is 15.9. The van der Waals surface area contributed by atoms with E-state index in [1.54, 1.807) is 12.1 Å². The Morgan fingerprint density at radius 1 is 1.09 bits per heavy atom. The molecule has 1 unspecified atom stereocenters. The Morgan fingerprint density at radius 2 is 1.82 bits per heavy atom. The Labute approximate surface area is 191 Å². The summed E-state index contributed by atoms with van der Waals surface area (Å²) < 4.78 is 62.5. The molecule has 1 fully saturated rings. The number of ether oxygens (including phenoxy) is 3. The second kappa shape index (κ2) is 9.36. The van der Waals surface area contributed by atoms with Gasteiger partial charge in [-0.25, -0.2) is 12.8 Å². The fourth-order valence-corrected chi connectivity index (χ4v) is 5.42. The van der Waals surface area contributed by atoms with E-state index < -0.39 is 15.8 Å². The maximum atomic E-state index is 13.6. The van der Waals surface area contributed by atoms with Crippen LogP contribution in [0.2, 0.25) is 0 Å². The molecule has 2 heterocycles. The molecule has 1 aliphatic rings. The summed E-state index contributed by atoms with van der Waals surface area (Å²) in [5.74, 6) is 1.10. The molecule has 1 atom stereocenters. The Morgan fingerprint density at radius 3 is 2.45 bits per heavy atom. The fourth-order valence-electron chi connectivity index (χ4n) is 3.87. The predicted octanol–water partition coefficient (Wildman–Crippen LogP) is 3.47. The molecule has 33 heavy (non-hydrogen) atoms. The van der Waals surface area contributed by atoms with E-state index in [1.165, 1.54) is 43.8 Å². The predicted molar refractivity (Wildman–Crippen MR) is 117 cm³/mol. The van der Waals surface area contributed by atoms with E-state index in [1.807, 2.05) is 0 Å². The molecule has 3 aromatic rings. The van der Waals surface area contributed by atoms with Crippen LogP contribution in [0, 0.1) is 5.82 Å². The van der Waals surface area contributed by atoms with E-state index in [9.17, 15) is 12.8 Å². The van der Waals surface area contributed by atoms with Gasteiger partial charge in [-0.05, 0) is 43.2 Å². The largest absolute Gasteiger partial charge is 0.493 e. The zero-order valence-electron chi connectivity index (χ0n) is 18.4. The molecule has 0 spiro atoms. The van der Waals surface area contributed by atoms with Crippen LogP contribution < -0.4 is 14.2 Å². The number of hydrogen-bond acceptors (Lipinski definition) is 8. The van der Waals surface area contributed by atoms with Gasteiger partial charge in [-0.1, -0.05) is 11.2 Å². The van der Waals surface area contributed by atoms with Crippen LogP contribution in [0.1, 0.15) is 24.7 Å². The molecule has 11 heteroatoms. The van der Waals surface area contributed by atoms with Crippen molar-refractivity contribution in [3.8, 4) is 28.6 Å². The van der Waals surface area contributed by atoms with Crippen molar-refractivity contribution in [3.05, 3.63) is 48.1 Å². The number of methoxy groups -OCH3 is 3. The molecule has 0 amide bonds. The number of aromatic nitrogens is 2. The summed E-state index contributed by atoms with van der Waals surface area (Å²) in [4.78, 5) is 4.43. The van der Waals surface area contributed by atoms with Crippen molar-refractivity contribution in [2.24, 2.45) is 0 Å². The van der Waals surface area contributed by atoms with E-state index >= 15 is 0 Å². The van der Waals surface area contributed by atoms with Gasteiger partial charge in [0.1, 0.15) is 5.82 Å². The standard InChI is InChI=1S/C22H24FN3O6S/c1-29-18-10-15(11-19(30-2)20(18)31-3)21-24-22(32-25-21)14-6-5-9-26(13-14)33(27,28)17-8-4-7-16(23)12-17/h4,7-8,10-12,14H,5-6,9,13H2,1-3H3. The van der Waals surface area contributed by atoms with Gasteiger partial charge in [-0.15, -0.1) is 0 Å². The zero-order chi connectivity index (χ0) is 23.6. The first-order valence-corrected chi connectivity index (χ1v) is 11.7. The highest BCUT2D eigenvalue weighted by molar-refractivity contribution is 7.89. The Hall–Kier alpha value is -3.18. The second-order valence-electron chi connectivity index (χ2n) is 7.53. The molecule has 1 saturated heterocycles. The minimum atomic E-state index is -3.84. The van der Waals surface area contributed by atoms with Gasteiger partial charge in [-0.2, -0.15) is 9.29 Å². The molecule has 0 radical (unpaired) electrons. The number of nitrogens with zero attached hydrogens (tertiary/aromatic N) is 3. The molecule has 9 nitrogen and oxygen atoms in total. The topological polar surface area (TPSA) is 104 Å². The lowest BCUT2D eigenvalue weighted by Gasteiger charge is -2.30. The molecule has 1 aliphatic heterocycles. The molecule has 0 N–H and O–H groups in total. The molecule has 0 bridgehead atoms. The lowest BCUT2D eigenvalue weighted by Crippen LogP contribution is -2.39. The van der Waals surface area contributed by atoms with Crippen LogP contribution in [0.25, 0.3) is 11.4 Å². The van der Waals surface area contributed by atoms with Crippen molar-refractivity contribution < 1.29 is 31.5 Å². The maximum Gasteiger partial charge on any atom is 0.243 e. The highest BCUT2D eigenvalue weighted by Crippen LogP contribution is 2.41.